The molecular weight excluding hydrogens is 244 g/mol. The number of hydrogen-bond donors (Lipinski definition) is 2. The van der Waals surface area contributed by atoms with Crippen molar-refractivity contribution in [2.45, 2.75) is 24.1 Å². The molecule has 1 N–H and O–H groups in total. The number of hydrogen-bond acceptors (Lipinski definition) is 2. The molecule has 0 amide bonds. The van der Waals surface area contributed by atoms with Gasteiger partial charge in [-0.3, -0.25) is 4.79 Å². The molecule has 0 aliphatic heterocycles. The summed E-state index contributed by atoms with van der Waals surface area (Å²) in [6, 6.07) is 9.44. The van der Waals surface area contributed by atoms with E-state index in [0.29, 0.717) is 25.0 Å². The van der Waals surface area contributed by atoms with Crippen LogP contribution in [-0.4, -0.2) is 21.7 Å². The van der Waals surface area contributed by atoms with E-state index < -0.39 is 10.8 Å². The van der Waals surface area contributed by atoms with E-state index in [4.69, 9.17) is 16.7 Å². The van der Waals surface area contributed by atoms with E-state index in [1.807, 2.05) is 30.3 Å². The van der Waals surface area contributed by atoms with Gasteiger partial charge in [0.15, 0.2) is 0 Å². The highest BCUT2D eigenvalue weighted by atomic mass is 35.5. The number of carboxylic acids is 1. The second-order valence-electron chi connectivity index (χ2n) is 3.76. The molecule has 1 aromatic carbocycles. The number of alkyl halides is 1. The van der Waals surface area contributed by atoms with Crippen molar-refractivity contribution >= 4 is 30.2 Å². The van der Waals surface area contributed by atoms with Gasteiger partial charge in [-0.2, -0.15) is 12.6 Å². The maximum atomic E-state index is 11.2. The Morgan fingerprint density at radius 3 is 2.50 bits per heavy atom. The fourth-order valence-corrected chi connectivity index (χ4v) is 2.00. The van der Waals surface area contributed by atoms with Crippen LogP contribution in [0.15, 0.2) is 30.3 Å². The van der Waals surface area contributed by atoms with Crippen molar-refractivity contribution in [1.29, 1.82) is 0 Å². The van der Waals surface area contributed by atoms with Gasteiger partial charge >= 0.3 is 5.97 Å². The van der Waals surface area contributed by atoms with E-state index in [-0.39, 0.29) is 0 Å². The number of carbonyl (C=O) groups is 1. The molecule has 1 aromatic rings. The number of rotatable bonds is 6. The van der Waals surface area contributed by atoms with E-state index in [2.05, 4.69) is 12.6 Å². The molecule has 1 atom stereocenters. The molecule has 2 nitrogen and oxygen atoms in total. The number of aliphatic carboxylic acids is 1. The summed E-state index contributed by atoms with van der Waals surface area (Å²) in [5, 5.41) is 9.16. The zero-order valence-electron chi connectivity index (χ0n) is 8.90. The lowest BCUT2D eigenvalue weighted by Gasteiger charge is -2.22. The lowest BCUT2D eigenvalue weighted by atomic mass is 9.94. The summed E-state index contributed by atoms with van der Waals surface area (Å²) in [5.74, 6) is -0.309. The smallest absolute Gasteiger partial charge is 0.325 e. The van der Waals surface area contributed by atoms with Gasteiger partial charge in [-0.05, 0) is 24.2 Å². The Morgan fingerprint density at radius 2 is 2.00 bits per heavy atom. The van der Waals surface area contributed by atoms with Gasteiger partial charge in [0, 0.05) is 6.42 Å². The fraction of sp³-hybridized carbons (Fsp3) is 0.417. The Morgan fingerprint density at radius 1 is 1.38 bits per heavy atom. The van der Waals surface area contributed by atoms with E-state index in [1.54, 1.807) is 0 Å². The van der Waals surface area contributed by atoms with E-state index in [0.717, 1.165) is 5.56 Å². The molecule has 0 saturated heterocycles. The number of carboxylic acid groups (broad SMARTS) is 1. The van der Waals surface area contributed by atoms with Crippen LogP contribution in [0, 0.1) is 0 Å². The van der Waals surface area contributed by atoms with Gasteiger partial charge in [-0.15, -0.1) is 11.6 Å². The van der Waals surface area contributed by atoms with Crippen LogP contribution in [0.1, 0.15) is 18.4 Å². The third kappa shape index (κ3) is 3.72. The number of thiol groups is 1. The number of benzene rings is 1. The molecule has 0 aliphatic rings. The zero-order chi connectivity index (χ0) is 12.0. The fourth-order valence-electron chi connectivity index (χ4n) is 1.55. The molecule has 88 valence electrons. The summed E-state index contributed by atoms with van der Waals surface area (Å²) in [7, 11) is 0. The van der Waals surface area contributed by atoms with Gasteiger partial charge in [0.2, 0.25) is 0 Å². The Balaban J connectivity index is 2.75. The van der Waals surface area contributed by atoms with Crippen molar-refractivity contribution in [3.63, 3.8) is 0 Å². The minimum Gasteiger partial charge on any atom is -0.480 e. The topological polar surface area (TPSA) is 37.3 Å². The van der Waals surface area contributed by atoms with Crippen molar-refractivity contribution in [3.05, 3.63) is 35.9 Å². The van der Waals surface area contributed by atoms with Crippen molar-refractivity contribution in [2.75, 3.05) is 5.75 Å². The van der Waals surface area contributed by atoms with E-state index in [9.17, 15) is 4.79 Å². The standard InChI is InChI=1S/C12H15ClO2S/c13-12(11(14)15,7-4-8-16)9-10-5-2-1-3-6-10/h1-3,5-6,16H,4,7-9H2,(H,14,15). The quantitative estimate of drug-likeness (QED) is 0.608. The van der Waals surface area contributed by atoms with Crippen LogP contribution in [0.4, 0.5) is 0 Å². The summed E-state index contributed by atoms with van der Waals surface area (Å²) in [6.07, 6.45) is 1.48. The first-order valence-electron chi connectivity index (χ1n) is 5.15. The SMILES string of the molecule is O=C(O)C(Cl)(CCCS)Cc1ccccc1. The zero-order valence-corrected chi connectivity index (χ0v) is 10.5. The van der Waals surface area contributed by atoms with Crippen LogP contribution in [0.25, 0.3) is 0 Å². The van der Waals surface area contributed by atoms with Gasteiger partial charge in [-0.1, -0.05) is 30.3 Å². The van der Waals surface area contributed by atoms with Gasteiger partial charge < -0.3 is 5.11 Å². The van der Waals surface area contributed by atoms with Gasteiger partial charge in [0.05, 0.1) is 0 Å². The Labute approximate surface area is 106 Å². The molecule has 4 heteroatoms. The van der Waals surface area contributed by atoms with Crippen LogP contribution >= 0.6 is 24.2 Å². The number of halogens is 1. The molecule has 1 unspecified atom stereocenters. The largest absolute Gasteiger partial charge is 0.480 e. The lowest BCUT2D eigenvalue weighted by Crippen LogP contribution is -2.35. The molecule has 0 saturated carbocycles. The van der Waals surface area contributed by atoms with Crippen molar-refractivity contribution in [1.82, 2.24) is 0 Å². The van der Waals surface area contributed by atoms with Crippen LogP contribution in [-0.2, 0) is 11.2 Å². The molecule has 0 aliphatic carbocycles. The molecular formula is C12H15ClO2S. The minimum absolute atomic E-state index is 0.346. The van der Waals surface area contributed by atoms with Crippen molar-refractivity contribution in [3.8, 4) is 0 Å². The second-order valence-corrected chi connectivity index (χ2v) is 4.93. The van der Waals surface area contributed by atoms with Crippen molar-refractivity contribution in [2.24, 2.45) is 0 Å². The highest BCUT2D eigenvalue weighted by Gasteiger charge is 2.35. The minimum atomic E-state index is -1.20. The average molecular weight is 259 g/mol. The molecule has 0 aromatic heterocycles. The Bertz CT molecular complexity index is 342. The molecule has 0 radical (unpaired) electrons. The van der Waals surface area contributed by atoms with Gasteiger partial charge in [-0.25, -0.2) is 0 Å². The third-order valence-corrected chi connectivity index (χ3v) is 3.24. The summed E-state index contributed by atoms with van der Waals surface area (Å²) in [6.45, 7) is 0. The Kier molecular flexibility index (Phi) is 5.16. The van der Waals surface area contributed by atoms with Crippen LogP contribution in [0.2, 0.25) is 0 Å². The van der Waals surface area contributed by atoms with Gasteiger partial charge in [0.25, 0.3) is 0 Å². The molecule has 0 bridgehead atoms. The highest BCUT2D eigenvalue weighted by Crippen LogP contribution is 2.27. The van der Waals surface area contributed by atoms with E-state index >= 15 is 0 Å². The first kappa shape index (κ1) is 13.4. The monoisotopic (exact) mass is 258 g/mol. The predicted octanol–water partition coefficient (Wildman–Crippen LogP) is 3.00. The van der Waals surface area contributed by atoms with Crippen LogP contribution in [0.5, 0.6) is 0 Å². The molecule has 0 fully saturated rings. The first-order valence-corrected chi connectivity index (χ1v) is 6.16. The molecule has 0 spiro atoms. The first-order chi connectivity index (χ1) is 7.58. The summed E-state index contributed by atoms with van der Waals surface area (Å²) in [4.78, 5) is 9.97. The molecule has 0 heterocycles. The average Bonchev–Trinajstić information content (AvgIpc) is 2.27. The normalized spacial score (nSPS) is 14.4. The summed E-state index contributed by atoms with van der Waals surface area (Å²) >= 11 is 10.2. The predicted molar refractivity (Wildman–Crippen MR) is 69.5 cm³/mol. The lowest BCUT2D eigenvalue weighted by molar-refractivity contribution is -0.140. The third-order valence-electron chi connectivity index (χ3n) is 2.44. The van der Waals surface area contributed by atoms with Crippen molar-refractivity contribution < 1.29 is 9.90 Å². The maximum absolute atomic E-state index is 11.2. The highest BCUT2D eigenvalue weighted by molar-refractivity contribution is 7.80. The Hall–Kier alpha value is -0.670. The second kappa shape index (κ2) is 6.16. The molecule has 1 rings (SSSR count). The molecule has 16 heavy (non-hydrogen) atoms. The van der Waals surface area contributed by atoms with Gasteiger partial charge in [0.1, 0.15) is 4.87 Å². The van der Waals surface area contributed by atoms with Crippen LogP contribution in [0.3, 0.4) is 0 Å². The maximum Gasteiger partial charge on any atom is 0.325 e. The summed E-state index contributed by atoms with van der Waals surface area (Å²) < 4.78 is 0. The van der Waals surface area contributed by atoms with E-state index in [1.165, 1.54) is 0 Å². The van der Waals surface area contributed by atoms with Crippen LogP contribution < -0.4 is 0 Å². The summed E-state index contributed by atoms with van der Waals surface area (Å²) in [5.41, 5.74) is 0.944.